The maximum Gasteiger partial charge on any atom is 0.115 e. The Bertz CT molecular complexity index is 2710. The molecule has 0 N–H and O–H groups in total. The molecule has 0 fully saturated rings. The van der Waals surface area contributed by atoms with Crippen LogP contribution in [0.25, 0.3) is 77.6 Å². The molecule has 0 unspecified atom stereocenters. The van der Waals surface area contributed by atoms with Gasteiger partial charge in [-0.05, 0) is 119 Å². The SMILES string of the molecule is Cc1cnc(-c2[c-]ccc(-c3cc(-c4cc5ncccc5c5ccc(-c6cncnc6)cc45)c(C)cc3C)c2)cc1C.[Ir].[c-]1ccccc1-c1ccccn1. The van der Waals surface area contributed by atoms with Gasteiger partial charge in [0.05, 0.1) is 5.52 Å². The smallest absolute Gasteiger partial charge is 0.115 e. The molecule has 55 heavy (non-hydrogen) atoms. The second-order valence-corrected chi connectivity index (χ2v) is 13.5. The Kier molecular flexibility index (Phi) is 11.1. The quantitative estimate of drug-likeness (QED) is 0.127. The largest absolute Gasteiger partial charge is 0.305 e. The zero-order valence-electron chi connectivity index (χ0n) is 31.0. The molecule has 9 rings (SSSR count). The van der Waals surface area contributed by atoms with E-state index in [0.717, 1.165) is 55.7 Å². The molecule has 5 nitrogen and oxygen atoms in total. The van der Waals surface area contributed by atoms with Crippen LogP contribution in [0.3, 0.4) is 0 Å². The zero-order valence-corrected chi connectivity index (χ0v) is 33.4. The van der Waals surface area contributed by atoms with E-state index in [1.807, 2.05) is 79.4 Å². The summed E-state index contributed by atoms with van der Waals surface area (Å²) in [6.45, 7) is 8.59. The summed E-state index contributed by atoms with van der Waals surface area (Å²) in [5, 5.41) is 3.49. The Hall–Kier alpha value is -6.20. The van der Waals surface area contributed by atoms with Crippen molar-refractivity contribution in [3.8, 4) is 55.9 Å². The summed E-state index contributed by atoms with van der Waals surface area (Å²) < 4.78 is 0. The van der Waals surface area contributed by atoms with Crippen molar-refractivity contribution in [1.82, 2.24) is 24.9 Å². The van der Waals surface area contributed by atoms with E-state index in [-0.39, 0.29) is 20.1 Å². The van der Waals surface area contributed by atoms with Gasteiger partial charge in [0.2, 0.25) is 0 Å². The maximum atomic E-state index is 4.75. The molecular formula is C49H37IrN5-2. The van der Waals surface area contributed by atoms with Crippen molar-refractivity contribution in [3.63, 3.8) is 0 Å². The van der Waals surface area contributed by atoms with Crippen LogP contribution in [0.1, 0.15) is 22.3 Å². The molecule has 0 aliphatic heterocycles. The number of nitrogens with zero attached hydrogens (tertiary/aromatic N) is 5. The third-order valence-electron chi connectivity index (χ3n) is 9.89. The van der Waals surface area contributed by atoms with Crippen LogP contribution in [0.15, 0.2) is 153 Å². The first-order valence-corrected chi connectivity index (χ1v) is 18.0. The van der Waals surface area contributed by atoms with Crippen molar-refractivity contribution in [2.45, 2.75) is 27.7 Å². The third-order valence-corrected chi connectivity index (χ3v) is 9.89. The van der Waals surface area contributed by atoms with Crippen LogP contribution in [0.4, 0.5) is 0 Å². The van der Waals surface area contributed by atoms with Gasteiger partial charge in [-0.2, -0.15) is 0 Å². The number of hydrogen-bond donors (Lipinski definition) is 0. The Morgan fingerprint density at radius 1 is 0.436 bits per heavy atom. The van der Waals surface area contributed by atoms with E-state index in [1.54, 1.807) is 12.5 Å². The van der Waals surface area contributed by atoms with Gasteiger partial charge >= 0.3 is 0 Å². The fraction of sp³-hybridized carbons (Fsp3) is 0.0816. The first kappa shape index (κ1) is 37.1. The predicted octanol–water partition coefficient (Wildman–Crippen LogP) is 11.8. The Morgan fingerprint density at radius 3 is 2.02 bits per heavy atom. The molecule has 0 saturated carbocycles. The summed E-state index contributed by atoms with van der Waals surface area (Å²) >= 11 is 0. The molecule has 0 aliphatic rings. The normalized spacial score (nSPS) is 10.8. The first-order valence-electron chi connectivity index (χ1n) is 18.0. The van der Waals surface area contributed by atoms with Crippen LogP contribution in [0.5, 0.6) is 0 Å². The maximum absolute atomic E-state index is 4.75. The minimum Gasteiger partial charge on any atom is -0.305 e. The van der Waals surface area contributed by atoms with Crippen LogP contribution >= 0.6 is 0 Å². The molecule has 6 heteroatoms. The Morgan fingerprint density at radius 2 is 1.24 bits per heavy atom. The molecule has 0 bridgehead atoms. The average Bonchev–Trinajstić information content (AvgIpc) is 3.23. The topological polar surface area (TPSA) is 64.5 Å². The van der Waals surface area contributed by atoms with Gasteiger partial charge in [-0.15, -0.1) is 71.3 Å². The predicted molar refractivity (Wildman–Crippen MR) is 221 cm³/mol. The van der Waals surface area contributed by atoms with E-state index >= 15 is 0 Å². The molecule has 0 spiro atoms. The second kappa shape index (κ2) is 16.4. The average molecular weight is 888 g/mol. The molecular weight excluding hydrogens is 851 g/mol. The van der Waals surface area contributed by atoms with Crippen LogP contribution in [0, 0.1) is 39.8 Å². The van der Waals surface area contributed by atoms with Gasteiger partial charge in [0.1, 0.15) is 6.33 Å². The minimum absolute atomic E-state index is 0. The summed E-state index contributed by atoms with van der Waals surface area (Å²) in [5.41, 5.74) is 16.6. The molecule has 269 valence electrons. The number of benzene rings is 5. The molecule has 0 atom stereocenters. The van der Waals surface area contributed by atoms with Gasteiger partial charge in [-0.3, -0.25) is 4.98 Å². The van der Waals surface area contributed by atoms with Crippen molar-refractivity contribution < 1.29 is 20.1 Å². The van der Waals surface area contributed by atoms with E-state index in [0.29, 0.717) is 0 Å². The van der Waals surface area contributed by atoms with Gasteiger partial charge in [-0.25, -0.2) is 9.97 Å². The van der Waals surface area contributed by atoms with Crippen LogP contribution in [-0.4, -0.2) is 24.9 Å². The summed E-state index contributed by atoms with van der Waals surface area (Å²) in [6, 6.07) is 46.3. The summed E-state index contributed by atoms with van der Waals surface area (Å²) in [4.78, 5) is 22.2. The van der Waals surface area contributed by atoms with Crippen LogP contribution in [0.2, 0.25) is 0 Å². The summed E-state index contributed by atoms with van der Waals surface area (Å²) in [7, 11) is 0. The Balaban J connectivity index is 0.000000305. The minimum atomic E-state index is 0. The van der Waals surface area contributed by atoms with Gasteiger partial charge in [-0.1, -0.05) is 48.0 Å². The Labute approximate surface area is 335 Å². The molecule has 0 aliphatic carbocycles. The number of rotatable bonds is 5. The number of hydrogen-bond acceptors (Lipinski definition) is 5. The van der Waals surface area contributed by atoms with Crippen LogP contribution < -0.4 is 0 Å². The van der Waals surface area contributed by atoms with E-state index < -0.39 is 0 Å². The van der Waals surface area contributed by atoms with Crippen molar-refractivity contribution in [2.24, 2.45) is 0 Å². The van der Waals surface area contributed by atoms with Crippen molar-refractivity contribution in [3.05, 3.63) is 187 Å². The zero-order chi connectivity index (χ0) is 37.0. The van der Waals surface area contributed by atoms with Crippen molar-refractivity contribution in [2.75, 3.05) is 0 Å². The van der Waals surface area contributed by atoms with Gasteiger partial charge in [0.15, 0.2) is 0 Å². The molecule has 4 aromatic heterocycles. The molecule has 0 saturated heterocycles. The number of aryl methyl sites for hydroxylation is 4. The molecule has 1 radical (unpaired) electrons. The van der Waals surface area contributed by atoms with E-state index in [2.05, 4.69) is 115 Å². The van der Waals surface area contributed by atoms with E-state index in [4.69, 9.17) is 9.97 Å². The van der Waals surface area contributed by atoms with Gasteiger partial charge < -0.3 is 9.97 Å². The third kappa shape index (κ3) is 7.88. The summed E-state index contributed by atoms with van der Waals surface area (Å²) in [6.07, 6.45) is 10.9. The first-order chi connectivity index (χ1) is 26.4. The van der Waals surface area contributed by atoms with Crippen molar-refractivity contribution in [1.29, 1.82) is 0 Å². The fourth-order valence-corrected chi connectivity index (χ4v) is 6.91. The molecule has 0 amide bonds. The van der Waals surface area contributed by atoms with E-state index in [9.17, 15) is 0 Å². The second-order valence-electron chi connectivity index (χ2n) is 13.5. The van der Waals surface area contributed by atoms with Crippen LogP contribution in [-0.2, 0) is 20.1 Å². The monoisotopic (exact) mass is 888 g/mol. The molecule has 4 heterocycles. The number of pyridine rings is 3. The number of aromatic nitrogens is 5. The fourth-order valence-electron chi connectivity index (χ4n) is 6.91. The summed E-state index contributed by atoms with van der Waals surface area (Å²) in [5.74, 6) is 0. The molecule has 9 aromatic rings. The van der Waals surface area contributed by atoms with Gasteiger partial charge in [0.25, 0.3) is 0 Å². The number of fused-ring (bicyclic) bond motifs is 3. The van der Waals surface area contributed by atoms with E-state index in [1.165, 1.54) is 44.2 Å². The van der Waals surface area contributed by atoms with Gasteiger partial charge in [0, 0.05) is 62.0 Å². The standard InChI is InChI=1S/C38H29N4.C11H8N.Ir/c1-23-14-37(42-19-26(23)4)29-8-5-7-28(15-29)33-17-34(25(3)13-24(33)2)36-18-38-32(9-6-12-41-38)31-11-10-27(16-35(31)36)30-20-39-22-40-21-30;1-2-6-10(7-3-1)11-8-4-5-9-12-11;/h5-7,9-22H,1-4H3;1-6,8-9H;/q2*-1;. The van der Waals surface area contributed by atoms with Crippen molar-refractivity contribution >= 4 is 21.7 Å². The molecule has 5 aromatic carbocycles.